The summed E-state index contributed by atoms with van der Waals surface area (Å²) >= 11 is 0. The van der Waals surface area contributed by atoms with E-state index in [1.807, 2.05) is 0 Å². The fourth-order valence-electron chi connectivity index (χ4n) is 5.54. The van der Waals surface area contributed by atoms with Crippen molar-refractivity contribution in [3.05, 3.63) is 0 Å². The van der Waals surface area contributed by atoms with Gasteiger partial charge >= 0.3 is 0 Å². The summed E-state index contributed by atoms with van der Waals surface area (Å²) in [4.78, 5) is 25.4. The smallest absolute Gasteiger partial charge is 0.242 e. The van der Waals surface area contributed by atoms with Crippen LogP contribution in [0.15, 0.2) is 0 Å². The molecule has 2 N–H and O–H groups in total. The van der Waals surface area contributed by atoms with Gasteiger partial charge in [0.15, 0.2) is 0 Å². The molecule has 0 bridgehead atoms. The molecule has 238 valence electrons. The monoisotopic (exact) mass is 565 g/mol. The van der Waals surface area contributed by atoms with Crippen LogP contribution < -0.4 is 10.6 Å². The zero-order valence-electron chi connectivity index (χ0n) is 27.8. The van der Waals surface area contributed by atoms with E-state index in [4.69, 9.17) is 0 Å². The summed E-state index contributed by atoms with van der Waals surface area (Å²) in [6.45, 7) is 9.42. The van der Waals surface area contributed by atoms with E-state index in [0.29, 0.717) is 6.42 Å². The third-order valence-corrected chi connectivity index (χ3v) is 8.65. The van der Waals surface area contributed by atoms with Crippen LogP contribution in [0.5, 0.6) is 0 Å². The molecule has 0 rings (SSSR count). The maximum absolute atomic E-state index is 12.8. The Morgan fingerprint density at radius 1 is 0.500 bits per heavy atom. The molecule has 2 atom stereocenters. The largest absolute Gasteiger partial charge is 0.354 e. The molecule has 0 radical (unpaired) electrons. The molecule has 0 aliphatic heterocycles. The van der Waals surface area contributed by atoms with Crippen molar-refractivity contribution in [2.24, 2.45) is 5.92 Å². The zero-order chi connectivity index (χ0) is 29.5. The first-order chi connectivity index (χ1) is 19.6. The van der Waals surface area contributed by atoms with E-state index in [1.165, 1.54) is 141 Å². The number of hydrogen-bond donors (Lipinski definition) is 2. The SMILES string of the molecule is CCCCCCCCCCCCCCCCCC(=O)N[C@H](C(=O)NCCCCCCCCCCCC)C(C)CC. The number of rotatable bonds is 31. The molecule has 4 heteroatoms. The maximum Gasteiger partial charge on any atom is 0.242 e. The van der Waals surface area contributed by atoms with Gasteiger partial charge in [0.1, 0.15) is 6.04 Å². The Bertz CT molecular complexity index is 551. The van der Waals surface area contributed by atoms with Crippen LogP contribution in [0.1, 0.15) is 201 Å². The first-order valence-electron chi connectivity index (χ1n) is 18.1. The third kappa shape index (κ3) is 25.9. The van der Waals surface area contributed by atoms with E-state index < -0.39 is 6.04 Å². The lowest BCUT2D eigenvalue weighted by Gasteiger charge is -2.23. The van der Waals surface area contributed by atoms with E-state index >= 15 is 0 Å². The summed E-state index contributed by atoms with van der Waals surface area (Å²) in [5.74, 6) is 0.182. The van der Waals surface area contributed by atoms with Crippen LogP contribution in [0.3, 0.4) is 0 Å². The molecule has 0 aliphatic rings. The van der Waals surface area contributed by atoms with Crippen LogP contribution >= 0.6 is 0 Å². The first kappa shape index (κ1) is 38.9. The second-order valence-electron chi connectivity index (χ2n) is 12.6. The number of amides is 2. The van der Waals surface area contributed by atoms with Gasteiger partial charge < -0.3 is 10.6 Å². The van der Waals surface area contributed by atoms with Crippen molar-refractivity contribution in [2.75, 3.05) is 6.54 Å². The van der Waals surface area contributed by atoms with Gasteiger partial charge in [-0.3, -0.25) is 9.59 Å². The maximum atomic E-state index is 12.8. The summed E-state index contributed by atoms with van der Waals surface area (Å²) < 4.78 is 0. The zero-order valence-corrected chi connectivity index (χ0v) is 27.8. The Morgan fingerprint density at radius 2 is 0.850 bits per heavy atom. The first-order valence-corrected chi connectivity index (χ1v) is 18.1. The molecule has 4 nitrogen and oxygen atoms in total. The highest BCUT2D eigenvalue weighted by molar-refractivity contribution is 5.87. The van der Waals surface area contributed by atoms with Crippen LogP contribution in [0.2, 0.25) is 0 Å². The summed E-state index contributed by atoms with van der Waals surface area (Å²) in [5, 5.41) is 6.15. The molecule has 0 aromatic rings. The highest BCUT2D eigenvalue weighted by Crippen LogP contribution is 2.15. The minimum atomic E-state index is -0.406. The quantitative estimate of drug-likeness (QED) is 0.0823. The molecular formula is C36H72N2O2. The second kappa shape index (κ2) is 30.9. The van der Waals surface area contributed by atoms with Gasteiger partial charge in [0, 0.05) is 13.0 Å². The molecule has 0 saturated carbocycles. The fraction of sp³-hybridized carbons (Fsp3) is 0.944. The Kier molecular flexibility index (Phi) is 30.1. The van der Waals surface area contributed by atoms with E-state index in [-0.39, 0.29) is 17.7 Å². The molecule has 0 aromatic heterocycles. The summed E-state index contributed by atoms with van der Waals surface area (Å²) in [6.07, 6.45) is 34.2. The van der Waals surface area contributed by atoms with E-state index in [9.17, 15) is 9.59 Å². The fourth-order valence-corrected chi connectivity index (χ4v) is 5.54. The second-order valence-corrected chi connectivity index (χ2v) is 12.6. The van der Waals surface area contributed by atoms with Crippen molar-refractivity contribution in [1.82, 2.24) is 10.6 Å². The van der Waals surface area contributed by atoms with Gasteiger partial charge in [0.05, 0.1) is 0 Å². The number of unbranched alkanes of at least 4 members (excludes halogenated alkanes) is 23. The van der Waals surface area contributed by atoms with Crippen molar-refractivity contribution < 1.29 is 9.59 Å². The standard InChI is InChI=1S/C36H72N2O2/c1-5-8-10-12-14-16-18-19-20-21-22-23-25-27-29-31-34(39)38-35(33(4)7-3)36(40)37-32-30-28-26-24-17-15-13-11-9-6-2/h33,35H,5-32H2,1-4H3,(H,37,40)(H,38,39)/t33?,35-/m0/s1. The minimum Gasteiger partial charge on any atom is -0.354 e. The van der Waals surface area contributed by atoms with Crippen molar-refractivity contribution in [1.29, 1.82) is 0 Å². The van der Waals surface area contributed by atoms with E-state index in [1.54, 1.807) is 0 Å². The van der Waals surface area contributed by atoms with Gasteiger partial charge in [0.25, 0.3) is 0 Å². The molecule has 0 aromatic carbocycles. The van der Waals surface area contributed by atoms with Crippen LogP contribution in [0.4, 0.5) is 0 Å². The third-order valence-electron chi connectivity index (χ3n) is 8.65. The van der Waals surface area contributed by atoms with Gasteiger partial charge in [-0.25, -0.2) is 0 Å². The van der Waals surface area contributed by atoms with Gasteiger partial charge in [-0.2, -0.15) is 0 Å². The van der Waals surface area contributed by atoms with Gasteiger partial charge in [-0.15, -0.1) is 0 Å². The van der Waals surface area contributed by atoms with E-state index in [0.717, 1.165) is 32.2 Å². The van der Waals surface area contributed by atoms with Crippen molar-refractivity contribution >= 4 is 11.8 Å². The van der Waals surface area contributed by atoms with Crippen LogP contribution in [0.25, 0.3) is 0 Å². The number of carbonyl (C=O) groups is 2. The van der Waals surface area contributed by atoms with Gasteiger partial charge in [0.2, 0.25) is 11.8 Å². The lowest BCUT2D eigenvalue weighted by Crippen LogP contribution is -2.50. The summed E-state index contributed by atoms with van der Waals surface area (Å²) in [7, 11) is 0. The molecule has 1 unspecified atom stereocenters. The topological polar surface area (TPSA) is 58.2 Å². The van der Waals surface area contributed by atoms with Gasteiger partial charge in [-0.1, -0.05) is 182 Å². The summed E-state index contributed by atoms with van der Waals surface area (Å²) in [5.41, 5.74) is 0. The predicted molar refractivity (Wildman–Crippen MR) is 176 cm³/mol. The molecule has 0 spiro atoms. The van der Waals surface area contributed by atoms with Crippen LogP contribution in [-0.2, 0) is 9.59 Å². The molecule has 0 heterocycles. The van der Waals surface area contributed by atoms with Crippen molar-refractivity contribution in [2.45, 2.75) is 207 Å². The normalized spacial score (nSPS) is 12.8. The van der Waals surface area contributed by atoms with Gasteiger partial charge in [-0.05, 0) is 18.8 Å². The molecule has 40 heavy (non-hydrogen) atoms. The average Bonchev–Trinajstić information content (AvgIpc) is 2.96. The minimum absolute atomic E-state index is 0.00452. The van der Waals surface area contributed by atoms with Crippen molar-refractivity contribution in [3.8, 4) is 0 Å². The highest BCUT2D eigenvalue weighted by Gasteiger charge is 2.25. The Balaban J connectivity index is 3.79. The molecule has 0 saturated heterocycles. The lowest BCUT2D eigenvalue weighted by atomic mass is 9.97. The predicted octanol–water partition coefficient (Wildman–Crippen LogP) is 10.8. The molecular weight excluding hydrogens is 492 g/mol. The number of nitrogens with one attached hydrogen (secondary N) is 2. The Hall–Kier alpha value is -1.06. The average molecular weight is 565 g/mol. The van der Waals surface area contributed by atoms with Crippen LogP contribution in [-0.4, -0.2) is 24.4 Å². The lowest BCUT2D eigenvalue weighted by molar-refractivity contribution is -0.130. The Labute approximate surface area is 251 Å². The Morgan fingerprint density at radius 3 is 1.23 bits per heavy atom. The highest BCUT2D eigenvalue weighted by atomic mass is 16.2. The molecule has 0 fully saturated rings. The van der Waals surface area contributed by atoms with Crippen molar-refractivity contribution in [3.63, 3.8) is 0 Å². The number of hydrogen-bond acceptors (Lipinski definition) is 2. The molecule has 2 amide bonds. The van der Waals surface area contributed by atoms with E-state index in [2.05, 4.69) is 38.3 Å². The molecule has 0 aliphatic carbocycles. The van der Waals surface area contributed by atoms with Crippen LogP contribution in [0, 0.1) is 5.92 Å². The summed E-state index contributed by atoms with van der Waals surface area (Å²) in [6, 6.07) is -0.406. The number of carbonyl (C=O) groups excluding carboxylic acids is 2.